The molecule has 4 nitrogen and oxygen atoms in total. The Labute approximate surface area is 364 Å². The number of nitrogens with zero attached hydrogens (tertiary/aromatic N) is 4. The number of para-hydroxylation sites is 5. The van der Waals surface area contributed by atoms with E-state index in [2.05, 4.69) is 222 Å². The molecule has 0 N–H and O–H groups in total. The van der Waals surface area contributed by atoms with Crippen LogP contribution in [-0.2, 0) is 5.41 Å². The van der Waals surface area contributed by atoms with Gasteiger partial charge in [0.15, 0.2) is 0 Å². The van der Waals surface area contributed by atoms with Crippen molar-refractivity contribution in [3.63, 3.8) is 0 Å². The fourth-order valence-electron chi connectivity index (χ4n) is 12.4. The third-order valence-corrected chi connectivity index (χ3v) is 15.3. The van der Waals surface area contributed by atoms with Crippen molar-refractivity contribution in [2.75, 3.05) is 14.7 Å². The molecule has 1 fully saturated rings. The summed E-state index contributed by atoms with van der Waals surface area (Å²) < 4.78 is 2.46. The first-order valence-corrected chi connectivity index (χ1v) is 22.4. The summed E-state index contributed by atoms with van der Waals surface area (Å²) in [5.74, 6) is 0. The molecule has 62 heavy (non-hydrogen) atoms. The molecule has 3 aliphatic heterocycles. The minimum atomic E-state index is -0.0587. The first-order valence-electron chi connectivity index (χ1n) is 22.4. The van der Waals surface area contributed by atoms with E-state index in [4.69, 9.17) is 0 Å². The number of aromatic nitrogens is 1. The molecule has 2 atom stereocenters. The van der Waals surface area contributed by atoms with Gasteiger partial charge >= 0.3 is 0 Å². The highest BCUT2D eigenvalue weighted by Crippen LogP contribution is 2.62. The molecule has 0 spiro atoms. The second kappa shape index (κ2) is 13.0. The molecule has 13 rings (SSSR count). The van der Waals surface area contributed by atoms with E-state index in [-0.39, 0.29) is 17.7 Å². The van der Waals surface area contributed by atoms with E-state index >= 15 is 0 Å². The van der Waals surface area contributed by atoms with E-state index < -0.39 is 0 Å². The molecule has 0 bridgehead atoms. The second-order valence-electron chi connectivity index (χ2n) is 18.5. The first kappa shape index (κ1) is 35.7. The normalized spacial score (nSPS) is 19.6. The Kier molecular flexibility index (Phi) is 7.51. The molecule has 0 amide bonds. The van der Waals surface area contributed by atoms with Gasteiger partial charge in [-0.3, -0.25) is 0 Å². The van der Waals surface area contributed by atoms with Gasteiger partial charge in [0, 0.05) is 67.4 Å². The standard InChI is InChI=1S/C57H47BN4/c1-38-33-53-55-54(34-38)60(40-21-9-5-10-22-40)52-36-45-50(62(41-23-11-6-12-24-41)57(3)32-18-17-31-56(45,57)2)37-47(52)58(55)46-30-29-42(35-51(46)59(53)39-19-7-4-8-20-39)61-48-27-15-13-25-43(48)44-26-14-16-28-49(44)61/h4-16,19-30,33-37H,17-18,31-32H2,1-3H3. The Balaban J connectivity index is 1.13. The van der Waals surface area contributed by atoms with Crippen LogP contribution >= 0.6 is 0 Å². The van der Waals surface area contributed by atoms with Crippen LogP contribution in [0.15, 0.2) is 182 Å². The fourth-order valence-corrected chi connectivity index (χ4v) is 12.4. The van der Waals surface area contributed by atoms with Gasteiger partial charge in [0.1, 0.15) is 0 Å². The van der Waals surface area contributed by atoms with Gasteiger partial charge < -0.3 is 19.3 Å². The molecule has 4 heterocycles. The van der Waals surface area contributed by atoms with Crippen LogP contribution in [0.5, 0.6) is 0 Å². The summed E-state index contributed by atoms with van der Waals surface area (Å²) in [6, 6.07) is 68.5. The van der Waals surface area contributed by atoms with Crippen LogP contribution in [0.4, 0.5) is 45.5 Å². The molecule has 1 aliphatic carbocycles. The van der Waals surface area contributed by atoms with Gasteiger partial charge in [0.05, 0.1) is 16.6 Å². The van der Waals surface area contributed by atoms with Crippen molar-refractivity contribution < 1.29 is 0 Å². The highest BCUT2D eigenvalue weighted by atomic mass is 15.3. The second-order valence-corrected chi connectivity index (χ2v) is 18.5. The number of fused-ring (bicyclic) bond motifs is 10. The Hall–Kier alpha value is -6.98. The molecule has 1 saturated carbocycles. The van der Waals surface area contributed by atoms with Crippen LogP contribution in [0.25, 0.3) is 27.5 Å². The zero-order valence-corrected chi connectivity index (χ0v) is 35.5. The van der Waals surface area contributed by atoms with Crippen molar-refractivity contribution in [1.29, 1.82) is 0 Å². The highest BCUT2D eigenvalue weighted by molar-refractivity contribution is 7.00. The molecule has 0 saturated heterocycles. The van der Waals surface area contributed by atoms with E-state index in [9.17, 15) is 0 Å². The maximum atomic E-state index is 2.74. The number of benzene rings is 8. The smallest absolute Gasteiger partial charge is 0.252 e. The van der Waals surface area contributed by atoms with Gasteiger partial charge in [-0.15, -0.1) is 0 Å². The fraction of sp³-hybridized carbons (Fsp3) is 0.158. The van der Waals surface area contributed by atoms with E-state index in [1.54, 1.807) is 0 Å². The predicted molar refractivity (Wildman–Crippen MR) is 262 cm³/mol. The summed E-state index contributed by atoms with van der Waals surface area (Å²) in [4.78, 5) is 7.88. The minimum Gasteiger partial charge on any atom is -0.334 e. The van der Waals surface area contributed by atoms with Gasteiger partial charge in [-0.1, -0.05) is 117 Å². The lowest BCUT2D eigenvalue weighted by atomic mass is 9.33. The number of hydrogen-bond donors (Lipinski definition) is 0. The molecule has 1 aromatic heterocycles. The van der Waals surface area contributed by atoms with Crippen LogP contribution in [0.2, 0.25) is 0 Å². The van der Waals surface area contributed by atoms with E-state index in [0.29, 0.717) is 0 Å². The molecule has 4 aliphatic rings. The quantitative estimate of drug-likeness (QED) is 0.165. The van der Waals surface area contributed by atoms with E-state index in [1.165, 1.54) is 108 Å². The van der Waals surface area contributed by atoms with Gasteiger partial charge in [-0.05, 0) is 139 Å². The van der Waals surface area contributed by atoms with Gasteiger partial charge in [-0.25, -0.2) is 0 Å². The maximum Gasteiger partial charge on any atom is 0.252 e. The van der Waals surface area contributed by atoms with Crippen LogP contribution < -0.4 is 31.1 Å². The van der Waals surface area contributed by atoms with Crippen molar-refractivity contribution in [2.24, 2.45) is 0 Å². The van der Waals surface area contributed by atoms with Crippen LogP contribution in [0, 0.1) is 6.92 Å². The SMILES string of the molecule is Cc1cc2c3c(c1)N(c1ccccc1)c1cc4c(cc1B3c1ccc(-n3c5ccccc5c5ccccc53)cc1N2c1ccccc1)N(c1ccccc1)C1(C)CCCCC41C. The molecular weight excluding hydrogens is 751 g/mol. The summed E-state index contributed by atoms with van der Waals surface area (Å²) in [7, 11) is 0. The van der Waals surface area contributed by atoms with Crippen molar-refractivity contribution in [3.8, 4) is 5.69 Å². The summed E-state index contributed by atoms with van der Waals surface area (Å²) in [6.07, 6.45) is 4.83. The van der Waals surface area contributed by atoms with Gasteiger partial charge in [0.25, 0.3) is 6.71 Å². The van der Waals surface area contributed by atoms with Gasteiger partial charge in [0.2, 0.25) is 0 Å². The van der Waals surface area contributed by atoms with Crippen LogP contribution in [-0.4, -0.2) is 16.8 Å². The van der Waals surface area contributed by atoms with E-state index in [0.717, 1.165) is 17.8 Å². The molecule has 8 aromatic carbocycles. The number of aryl methyl sites for hydroxylation is 1. The average molecular weight is 799 g/mol. The lowest BCUT2D eigenvalue weighted by Crippen LogP contribution is -2.61. The number of anilines is 8. The number of rotatable bonds is 4. The van der Waals surface area contributed by atoms with Crippen molar-refractivity contribution in [2.45, 2.75) is 57.4 Å². The topological polar surface area (TPSA) is 14.7 Å². The summed E-state index contributed by atoms with van der Waals surface area (Å²) in [5.41, 5.74) is 20.3. The van der Waals surface area contributed by atoms with Crippen LogP contribution in [0.1, 0.15) is 50.7 Å². The monoisotopic (exact) mass is 798 g/mol. The van der Waals surface area contributed by atoms with Crippen LogP contribution in [0.3, 0.4) is 0 Å². The summed E-state index contributed by atoms with van der Waals surface area (Å²) in [6.45, 7) is 7.39. The lowest BCUT2D eigenvalue weighted by molar-refractivity contribution is 0.195. The first-order chi connectivity index (χ1) is 30.4. The molecule has 0 radical (unpaired) electrons. The largest absolute Gasteiger partial charge is 0.334 e. The highest BCUT2D eigenvalue weighted by Gasteiger charge is 2.58. The maximum absolute atomic E-state index is 2.74. The zero-order chi connectivity index (χ0) is 41.3. The minimum absolute atomic E-state index is 0.00360. The predicted octanol–water partition coefficient (Wildman–Crippen LogP) is 12.9. The van der Waals surface area contributed by atoms with E-state index in [1.807, 2.05) is 0 Å². The Morgan fingerprint density at radius 1 is 0.452 bits per heavy atom. The van der Waals surface area contributed by atoms with Gasteiger partial charge in [-0.2, -0.15) is 0 Å². The summed E-state index contributed by atoms with van der Waals surface area (Å²) >= 11 is 0. The number of hydrogen-bond acceptors (Lipinski definition) is 3. The van der Waals surface area contributed by atoms with Crippen molar-refractivity contribution in [1.82, 2.24) is 4.57 Å². The van der Waals surface area contributed by atoms with Crippen molar-refractivity contribution in [3.05, 3.63) is 193 Å². The molecular formula is C57H47BN4. The molecule has 9 aromatic rings. The molecule has 298 valence electrons. The Bertz CT molecular complexity index is 3210. The lowest BCUT2D eigenvalue weighted by Gasteiger charge is -2.50. The molecule has 5 heteroatoms. The third-order valence-electron chi connectivity index (χ3n) is 15.3. The van der Waals surface area contributed by atoms with Crippen molar-refractivity contribution >= 4 is 90.4 Å². The molecule has 2 unspecified atom stereocenters. The average Bonchev–Trinajstić information content (AvgIpc) is 3.75. The summed E-state index contributed by atoms with van der Waals surface area (Å²) in [5, 5.41) is 2.54. The Morgan fingerprint density at radius 3 is 1.60 bits per heavy atom. The zero-order valence-electron chi connectivity index (χ0n) is 35.5. The third kappa shape index (κ3) is 4.74. The Morgan fingerprint density at radius 2 is 0.984 bits per heavy atom.